The molecule has 0 aliphatic carbocycles. The summed E-state index contributed by atoms with van der Waals surface area (Å²) in [7, 11) is 3.27. The van der Waals surface area contributed by atoms with Gasteiger partial charge in [-0.2, -0.15) is 0 Å². The molecule has 3 heteroatoms. The summed E-state index contributed by atoms with van der Waals surface area (Å²) in [5.74, 6) is 2.32. The summed E-state index contributed by atoms with van der Waals surface area (Å²) in [6, 6.07) is 13.6. The molecule has 21 heavy (non-hydrogen) atoms. The molecule has 0 aromatic heterocycles. The van der Waals surface area contributed by atoms with Crippen molar-refractivity contribution < 1.29 is 14.2 Å². The van der Waals surface area contributed by atoms with Crippen LogP contribution in [0.3, 0.4) is 0 Å². The van der Waals surface area contributed by atoms with Gasteiger partial charge in [0.2, 0.25) is 0 Å². The van der Waals surface area contributed by atoms with E-state index in [1.165, 1.54) is 0 Å². The van der Waals surface area contributed by atoms with E-state index in [1.807, 2.05) is 49.4 Å². The summed E-state index contributed by atoms with van der Waals surface area (Å²) in [5.41, 5.74) is 2.87. The van der Waals surface area contributed by atoms with Gasteiger partial charge in [-0.15, -0.1) is 0 Å². The normalized spacial score (nSPS) is 10.0. The largest absolute Gasteiger partial charge is 0.497 e. The first-order valence-corrected chi connectivity index (χ1v) is 6.83. The number of rotatable bonds is 6. The molecule has 0 heterocycles. The molecule has 0 atom stereocenters. The third-order valence-corrected chi connectivity index (χ3v) is 3.19. The molecule has 0 aliphatic rings. The Kier molecular flexibility index (Phi) is 4.88. The minimum atomic E-state index is 0.642. The SMILES string of the molecule is C=C(c1cc(OC)cc(OC)c1)c1cccc(OCC)c1. The van der Waals surface area contributed by atoms with Gasteiger partial charge in [0.1, 0.15) is 17.2 Å². The Labute approximate surface area is 125 Å². The quantitative estimate of drug-likeness (QED) is 0.797. The zero-order chi connectivity index (χ0) is 15.2. The van der Waals surface area contributed by atoms with E-state index < -0.39 is 0 Å². The van der Waals surface area contributed by atoms with Crippen LogP contribution >= 0.6 is 0 Å². The fourth-order valence-corrected chi connectivity index (χ4v) is 2.09. The molecule has 0 N–H and O–H groups in total. The molecule has 110 valence electrons. The molecule has 0 unspecified atom stereocenters. The maximum Gasteiger partial charge on any atom is 0.123 e. The summed E-state index contributed by atoms with van der Waals surface area (Å²) in [6.07, 6.45) is 0. The number of benzene rings is 2. The molecular formula is C18H20O3. The molecule has 0 aliphatic heterocycles. The topological polar surface area (TPSA) is 27.7 Å². The van der Waals surface area contributed by atoms with Crippen molar-refractivity contribution in [1.29, 1.82) is 0 Å². The Morgan fingerprint density at radius 1 is 0.905 bits per heavy atom. The first-order valence-electron chi connectivity index (χ1n) is 6.83. The van der Waals surface area contributed by atoms with Crippen molar-refractivity contribution in [1.82, 2.24) is 0 Å². The highest BCUT2D eigenvalue weighted by molar-refractivity contribution is 5.79. The van der Waals surface area contributed by atoms with Crippen molar-refractivity contribution >= 4 is 5.57 Å². The fraction of sp³-hybridized carbons (Fsp3) is 0.222. The summed E-state index contributed by atoms with van der Waals surface area (Å²) < 4.78 is 16.1. The van der Waals surface area contributed by atoms with Crippen molar-refractivity contribution in [3.05, 3.63) is 60.2 Å². The van der Waals surface area contributed by atoms with Crippen LogP contribution in [0.2, 0.25) is 0 Å². The van der Waals surface area contributed by atoms with Gasteiger partial charge in [-0.25, -0.2) is 0 Å². The molecular weight excluding hydrogens is 264 g/mol. The van der Waals surface area contributed by atoms with Crippen molar-refractivity contribution in [3.8, 4) is 17.2 Å². The van der Waals surface area contributed by atoms with Crippen LogP contribution < -0.4 is 14.2 Å². The summed E-state index contributed by atoms with van der Waals surface area (Å²) >= 11 is 0. The van der Waals surface area contributed by atoms with Crippen LogP contribution in [0.15, 0.2) is 49.0 Å². The zero-order valence-corrected chi connectivity index (χ0v) is 12.7. The van der Waals surface area contributed by atoms with Gasteiger partial charge in [0.05, 0.1) is 20.8 Å². The lowest BCUT2D eigenvalue weighted by atomic mass is 9.99. The van der Waals surface area contributed by atoms with Gasteiger partial charge in [0.15, 0.2) is 0 Å². The smallest absolute Gasteiger partial charge is 0.123 e. The van der Waals surface area contributed by atoms with Crippen molar-refractivity contribution in [2.75, 3.05) is 20.8 Å². The van der Waals surface area contributed by atoms with Crippen LogP contribution in [-0.4, -0.2) is 20.8 Å². The Hall–Kier alpha value is -2.42. The average molecular weight is 284 g/mol. The van der Waals surface area contributed by atoms with E-state index in [0.717, 1.165) is 33.9 Å². The van der Waals surface area contributed by atoms with E-state index in [1.54, 1.807) is 14.2 Å². The van der Waals surface area contributed by atoms with E-state index >= 15 is 0 Å². The number of ether oxygens (including phenoxy) is 3. The fourth-order valence-electron chi connectivity index (χ4n) is 2.09. The van der Waals surface area contributed by atoms with Crippen molar-refractivity contribution in [2.45, 2.75) is 6.92 Å². The molecule has 0 radical (unpaired) electrons. The summed E-state index contributed by atoms with van der Waals surface area (Å²) in [5, 5.41) is 0. The van der Waals surface area contributed by atoms with Gasteiger partial charge in [-0.05, 0) is 47.9 Å². The molecule has 2 aromatic rings. The van der Waals surface area contributed by atoms with Crippen LogP contribution in [0.5, 0.6) is 17.2 Å². The minimum absolute atomic E-state index is 0.642. The van der Waals surface area contributed by atoms with Crippen LogP contribution in [0, 0.1) is 0 Å². The predicted molar refractivity (Wildman–Crippen MR) is 85.3 cm³/mol. The second-order valence-corrected chi connectivity index (χ2v) is 4.54. The number of hydrogen-bond donors (Lipinski definition) is 0. The predicted octanol–water partition coefficient (Wildman–Crippen LogP) is 4.16. The average Bonchev–Trinajstić information content (AvgIpc) is 2.54. The van der Waals surface area contributed by atoms with Gasteiger partial charge in [0.25, 0.3) is 0 Å². The van der Waals surface area contributed by atoms with E-state index in [2.05, 4.69) is 6.58 Å². The van der Waals surface area contributed by atoms with Gasteiger partial charge >= 0.3 is 0 Å². The molecule has 2 rings (SSSR count). The van der Waals surface area contributed by atoms with Gasteiger partial charge in [-0.1, -0.05) is 18.7 Å². The molecule has 3 nitrogen and oxygen atoms in total. The van der Waals surface area contributed by atoms with E-state index in [4.69, 9.17) is 14.2 Å². The number of methoxy groups -OCH3 is 2. The Balaban J connectivity index is 2.37. The molecule has 0 amide bonds. The third-order valence-electron chi connectivity index (χ3n) is 3.19. The lowest BCUT2D eigenvalue weighted by Gasteiger charge is -2.12. The Morgan fingerprint density at radius 2 is 1.52 bits per heavy atom. The molecule has 0 saturated carbocycles. The van der Waals surface area contributed by atoms with Gasteiger partial charge in [-0.3, -0.25) is 0 Å². The molecule has 0 bridgehead atoms. The van der Waals surface area contributed by atoms with Crippen LogP contribution in [0.25, 0.3) is 5.57 Å². The highest BCUT2D eigenvalue weighted by Crippen LogP contribution is 2.30. The third kappa shape index (κ3) is 3.57. The van der Waals surface area contributed by atoms with Gasteiger partial charge < -0.3 is 14.2 Å². The summed E-state index contributed by atoms with van der Waals surface area (Å²) in [6.45, 7) is 6.79. The standard InChI is InChI=1S/C18H20O3/c1-5-21-16-8-6-7-14(9-16)13(2)15-10-17(19-3)12-18(11-15)20-4/h6-12H,2,5H2,1,3-4H3. The maximum atomic E-state index is 5.53. The number of hydrogen-bond acceptors (Lipinski definition) is 3. The Morgan fingerprint density at radius 3 is 2.10 bits per heavy atom. The molecule has 2 aromatic carbocycles. The van der Waals surface area contributed by atoms with E-state index in [-0.39, 0.29) is 0 Å². The lowest BCUT2D eigenvalue weighted by molar-refractivity contribution is 0.340. The highest BCUT2D eigenvalue weighted by Gasteiger charge is 2.08. The van der Waals surface area contributed by atoms with Crippen molar-refractivity contribution in [2.24, 2.45) is 0 Å². The molecule has 0 saturated heterocycles. The van der Waals surface area contributed by atoms with Crippen LogP contribution in [0.4, 0.5) is 0 Å². The second kappa shape index (κ2) is 6.84. The van der Waals surface area contributed by atoms with Crippen LogP contribution in [0.1, 0.15) is 18.1 Å². The monoisotopic (exact) mass is 284 g/mol. The minimum Gasteiger partial charge on any atom is -0.497 e. The lowest BCUT2D eigenvalue weighted by Crippen LogP contribution is -1.94. The second-order valence-electron chi connectivity index (χ2n) is 4.54. The molecule has 0 fully saturated rings. The van der Waals surface area contributed by atoms with E-state index in [0.29, 0.717) is 6.61 Å². The maximum absolute atomic E-state index is 5.53. The highest BCUT2D eigenvalue weighted by atomic mass is 16.5. The van der Waals surface area contributed by atoms with Crippen molar-refractivity contribution in [3.63, 3.8) is 0 Å². The van der Waals surface area contributed by atoms with Gasteiger partial charge in [0, 0.05) is 6.07 Å². The molecule has 0 spiro atoms. The first-order chi connectivity index (χ1) is 10.2. The first kappa shape index (κ1) is 15.0. The van der Waals surface area contributed by atoms with E-state index in [9.17, 15) is 0 Å². The van der Waals surface area contributed by atoms with Crippen LogP contribution in [-0.2, 0) is 0 Å². The zero-order valence-electron chi connectivity index (χ0n) is 12.7. The summed E-state index contributed by atoms with van der Waals surface area (Å²) in [4.78, 5) is 0. The Bertz CT molecular complexity index is 610.